The maximum Gasteiger partial charge on any atom is 0.429 e. The molecule has 0 atom stereocenters. The van der Waals surface area contributed by atoms with Gasteiger partial charge in [0.2, 0.25) is 3.79 Å². The van der Waals surface area contributed by atoms with Crippen LogP contribution in [0.3, 0.4) is 0 Å². The third kappa shape index (κ3) is 4.96. The van der Waals surface area contributed by atoms with Crippen LogP contribution in [0.15, 0.2) is 30.5 Å². The molecule has 21 heavy (non-hydrogen) atoms. The number of nitrogen functional groups attached to an aromatic ring is 1. The van der Waals surface area contributed by atoms with Crippen LogP contribution in [-0.4, -0.2) is 31.6 Å². The monoisotopic (exact) mass is 349 g/mol. The third-order valence-electron chi connectivity index (χ3n) is 2.26. The molecule has 3 N–H and O–H groups in total. The minimum absolute atomic E-state index is 0.393. The second kappa shape index (κ2) is 6.38. The van der Waals surface area contributed by atoms with Crippen LogP contribution >= 0.6 is 34.8 Å². The van der Waals surface area contributed by atoms with Gasteiger partial charge in [0.1, 0.15) is 12.3 Å². The Morgan fingerprint density at radius 2 is 2.00 bits per heavy atom. The molecule has 1 aromatic heterocycles. The van der Waals surface area contributed by atoms with Crippen LogP contribution in [0.2, 0.25) is 0 Å². The first-order valence-electron chi connectivity index (χ1n) is 5.62. The normalized spacial score (nSPS) is 11.2. The molecular weight excluding hydrogens is 341 g/mol. The Morgan fingerprint density at radius 1 is 1.33 bits per heavy atom. The highest BCUT2D eigenvalue weighted by Gasteiger charge is 2.22. The standard InChI is InChI=1S/C11H10Cl3N5O2/c12-11(13,14)6-21-10(20)18-19-16-5-9(17-19)7-1-3-8(15)4-2-7/h1-5H,6,15H2,(H,18,20). The quantitative estimate of drug-likeness (QED) is 0.655. The number of hydrogen-bond acceptors (Lipinski definition) is 5. The number of alkyl halides is 3. The van der Waals surface area contributed by atoms with Crippen molar-refractivity contribution in [3.8, 4) is 11.3 Å². The number of halogens is 3. The second-order valence-electron chi connectivity index (χ2n) is 3.94. The van der Waals surface area contributed by atoms with Crippen molar-refractivity contribution in [3.63, 3.8) is 0 Å². The molecule has 0 aliphatic carbocycles. The fourth-order valence-corrected chi connectivity index (χ4v) is 1.53. The van der Waals surface area contributed by atoms with E-state index in [2.05, 4.69) is 20.4 Å². The van der Waals surface area contributed by atoms with Crippen molar-refractivity contribution in [1.82, 2.24) is 15.1 Å². The lowest BCUT2D eigenvalue weighted by molar-refractivity contribution is 0.159. The van der Waals surface area contributed by atoms with Crippen molar-refractivity contribution in [1.29, 1.82) is 0 Å². The summed E-state index contributed by atoms with van der Waals surface area (Å²) in [6, 6.07) is 7.03. The van der Waals surface area contributed by atoms with Gasteiger partial charge in [-0.1, -0.05) is 51.8 Å². The molecule has 10 heteroatoms. The Balaban J connectivity index is 1.97. The SMILES string of the molecule is Nc1ccc(-c2cnn(NC(=O)OCC(Cl)(Cl)Cl)n2)cc1. The summed E-state index contributed by atoms with van der Waals surface area (Å²) in [6.45, 7) is -0.393. The topological polar surface area (TPSA) is 95.1 Å². The number of anilines is 1. The van der Waals surface area contributed by atoms with E-state index < -0.39 is 16.5 Å². The van der Waals surface area contributed by atoms with E-state index in [9.17, 15) is 4.79 Å². The maximum absolute atomic E-state index is 11.4. The van der Waals surface area contributed by atoms with Gasteiger partial charge in [-0.3, -0.25) is 0 Å². The molecular formula is C11H10Cl3N5O2. The molecule has 112 valence electrons. The predicted octanol–water partition coefficient (Wildman–Crippen LogP) is 2.58. The summed E-state index contributed by atoms with van der Waals surface area (Å²) < 4.78 is 3.00. The van der Waals surface area contributed by atoms with Crippen LogP contribution in [0.25, 0.3) is 11.3 Å². The summed E-state index contributed by atoms with van der Waals surface area (Å²) >= 11 is 16.4. The molecule has 0 aliphatic rings. The van der Waals surface area contributed by atoms with Gasteiger partial charge in [-0.05, 0) is 12.1 Å². The average molecular weight is 351 g/mol. The zero-order chi connectivity index (χ0) is 15.5. The van der Waals surface area contributed by atoms with E-state index in [0.29, 0.717) is 11.4 Å². The molecule has 1 heterocycles. The number of nitrogens with one attached hydrogen (secondary N) is 1. The molecule has 0 saturated carbocycles. The first kappa shape index (κ1) is 15.7. The van der Waals surface area contributed by atoms with Crippen LogP contribution in [-0.2, 0) is 4.74 Å². The Bertz CT molecular complexity index is 624. The number of hydrogen-bond donors (Lipinski definition) is 2. The average Bonchev–Trinajstić information content (AvgIpc) is 2.85. The summed E-state index contributed by atoms with van der Waals surface area (Å²) in [6.07, 6.45) is 0.626. The van der Waals surface area contributed by atoms with Gasteiger partial charge in [-0.15, -0.1) is 10.2 Å². The number of carbonyl (C=O) groups is 1. The second-order valence-corrected chi connectivity index (χ2v) is 6.46. The molecule has 0 bridgehead atoms. The fraction of sp³-hybridized carbons (Fsp3) is 0.182. The van der Waals surface area contributed by atoms with Crippen molar-refractivity contribution >= 4 is 46.6 Å². The lowest BCUT2D eigenvalue weighted by atomic mass is 10.1. The van der Waals surface area contributed by atoms with Crippen LogP contribution in [0.1, 0.15) is 0 Å². The molecule has 0 radical (unpaired) electrons. The van der Waals surface area contributed by atoms with Crippen molar-refractivity contribution < 1.29 is 9.53 Å². The summed E-state index contributed by atoms with van der Waals surface area (Å²) in [5.74, 6) is 0. The van der Waals surface area contributed by atoms with Crippen LogP contribution in [0, 0.1) is 0 Å². The van der Waals surface area contributed by atoms with Gasteiger partial charge in [-0.25, -0.2) is 4.79 Å². The Labute approximate surface area is 134 Å². The number of aromatic nitrogens is 3. The highest BCUT2D eigenvalue weighted by molar-refractivity contribution is 6.67. The van der Waals surface area contributed by atoms with Gasteiger partial charge in [0.25, 0.3) is 0 Å². The van der Waals surface area contributed by atoms with Crippen LogP contribution in [0.5, 0.6) is 0 Å². The maximum atomic E-state index is 11.4. The lowest BCUT2D eigenvalue weighted by Gasteiger charge is -2.11. The zero-order valence-electron chi connectivity index (χ0n) is 10.5. The minimum Gasteiger partial charge on any atom is -0.444 e. The zero-order valence-corrected chi connectivity index (χ0v) is 12.7. The molecule has 1 aromatic carbocycles. The molecule has 7 nitrogen and oxygen atoms in total. The van der Waals surface area contributed by atoms with Crippen molar-refractivity contribution in [3.05, 3.63) is 30.5 Å². The Kier molecular flexibility index (Phi) is 4.76. The van der Waals surface area contributed by atoms with E-state index in [1.165, 1.54) is 6.20 Å². The molecule has 0 spiro atoms. The van der Waals surface area contributed by atoms with Crippen LogP contribution in [0.4, 0.5) is 10.5 Å². The molecule has 0 saturated heterocycles. The van der Waals surface area contributed by atoms with E-state index in [4.69, 9.17) is 40.5 Å². The summed E-state index contributed by atoms with van der Waals surface area (Å²) in [4.78, 5) is 12.4. The first-order valence-corrected chi connectivity index (χ1v) is 6.76. The summed E-state index contributed by atoms with van der Waals surface area (Å²) in [5.41, 5.74) is 9.83. The molecule has 2 aromatic rings. The van der Waals surface area contributed by atoms with Gasteiger partial charge >= 0.3 is 6.09 Å². The van der Waals surface area contributed by atoms with Crippen molar-refractivity contribution in [2.75, 3.05) is 17.8 Å². The molecule has 0 unspecified atom stereocenters. The molecule has 1 amide bonds. The molecule has 0 fully saturated rings. The van der Waals surface area contributed by atoms with E-state index >= 15 is 0 Å². The van der Waals surface area contributed by atoms with E-state index in [1.54, 1.807) is 24.3 Å². The number of amides is 1. The number of nitrogens with two attached hydrogens (primary N) is 1. The number of rotatable bonds is 3. The molecule has 2 rings (SSSR count). The number of nitrogens with zero attached hydrogens (tertiary/aromatic N) is 3. The number of carbonyl (C=O) groups excluding carboxylic acids is 1. The van der Waals surface area contributed by atoms with Gasteiger partial charge in [0, 0.05) is 11.3 Å². The number of ether oxygens (including phenoxy) is 1. The van der Waals surface area contributed by atoms with Crippen molar-refractivity contribution in [2.45, 2.75) is 3.79 Å². The van der Waals surface area contributed by atoms with E-state index in [1.807, 2.05) is 0 Å². The van der Waals surface area contributed by atoms with E-state index in [-0.39, 0.29) is 0 Å². The van der Waals surface area contributed by atoms with Crippen LogP contribution < -0.4 is 11.2 Å². The Morgan fingerprint density at radius 3 is 2.62 bits per heavy atom. The summed E-state index contributed by atoms with van der Waals surface area (Å²) in [5, 5.41) is 7.91. The third-order valence-corrected chi connectivity index (χ3v) is 2.58. The fourth-order valence-electron chi connectivity index (χ4n) is 1.36. The van der Waals surface area contributed by atoms with Gasteiger partial charge in [0.15, 0.2) is 0 Å². The van der Waals surface area contributed by atoms with Gasteiger partial charge < -0.3 is 10.5 Å². The first-order chi connectivity index (χ1) is 9.83. The van der Waals surface area contributed by atoms with E-state index in [0.717, 1.165) is 10.5 Å². The van der Waals surface area contributed by atoms with Gasteiger partial charge in [-0.2, -0.15) is 5.43 Å². The number of benzene rings is 1. The predicted molar refractivity (Wildman–Crippen MR) is 80.9 cm³/mol. The minimum atomic E-state index is -1.68. The van der Waals surface area contributed by atoms with Crippen molar-refractivity contribution in [2.24, 2.45) is 0 Å². The Hall–Kier alpha value is -1.70. The van der Waals surface area contributed by atoms with Gasteiger partial charge in [0.05, 0.1) is 6.20 Å². The smallest absolute Gasteiger partial charge is 0.429 e. The largest absolute Gasteiger partial charge is 0.444 e. The lowest BCUT2D eigenvalue weighted by Crippen LogP contribution is -2.28. The molecule has 0 aliphatic heterocycles. The highest BCUT2D eigenvalue weighted by Crippen LogP contribution is 2.25. The summed E-state index contributed by atoms with van der Waals surface area (Å²) in [7, 11) is 0. The highest BCUT2D eigenvalue weighted by atomic mass is 35.6.